The van der Waals surface area contributed by atoms with Crippen LogP contribution in [0.2, 0.25) is 0 Å². The zero-order chi connectivity index (χ0) is 21.8. The van der Waals surface area contributed by atoms with Crippen molar-refractivity contribution in [3.8, 4) is 0 Å². The molecule has 0 bridgehead atoms. The van der Waals surface area contributed by atoms with Crippen LogP contribution < -0.4 is 9.62 Å². The summed E-state index contributed by atoms with van der Waals surface area (Å²) in [4.78, 5) is 16.5. The summed E-state index contributed by atoms with van der Waals surface area (Å²) < 4.78 is 27.5. The number of imidazole rings is 1. The van der Waals surface area contributed by atoms with E-state index in [4.69, 9.17) is 0 Å². The van der Waals surface area contributed by atoms with Gasteiger partial charge >= 0.3 is 0 Å². The number of benzene rings is 2. The second-order valence-electron chi connectivity index (χ2n) is 7.46. The summed E-state index contributed by atoms with van der Waals surface area (Å²) in [6, 6.07) is 14.8. The van der Waals surface area contributed by atoms with Crippen LogP contribution in [0, 0.1) is 6.92 Å². The first-order valence-corrected chi connectivity index (χ1v) is 11.7. The average molecular weight is 437 g/mol. The van der Waals surface area contributed by atoms with Crippen molar-refractivity contribution in [2.75, 3.05) is 21.9 Å². The summed E-state index contributed by atoms with van der Waals surface area (Å²) in [6.45, 7) is 3.21. The van der Waals surface area contributed by atoms with Crippen LogP contribution in [0.3, 0.4) is 0 Å². The van der Waals surface area contributed by atoms with Crippen LogP contribution >= 0.6 is 0 Å². The molecule has 160 valence electrons. The maximum Gasteiger partial charge on any atom is 0.248 e. The van der Waals surface area contributed by atoms with Crippen molar-refractivity contribution < 1.29 is 13.2 Å². The highest BCUT2D eigenvalue weighted by molar-refractivity contribution is 7.93. The van der Waals surface area contributed by atoms with Crippen molar-refractivity contribution in [2.24, 2.45) is 0 Å². The van der Waals surface area contributed by atoms with Crippen molar-refractivity contribution in [3.05, 3.63) is 84.0 Å². The van der Waals surface area contributed by atoms with Gasteiger partial charge in [0.15, 0.2) is 0 Å². The summed E-state index contributed by atoms with van der Waals surface area (Å²) in [5.41, 5.74) is 3.32. The first kappa shape index (κ1) is 20.9. The molecule has 0 atom stereocenters. The molecular weight excluding hydrogens is 412 g/mol. The minimum absolute atomic E-state index is 0.193. The average Bonchev–Trinajstić information content (AvgIpc) is 3.32. The minimum atomic E-state index is -3.19. The molecule has 7 nitrogen and oxygen atoms in total. The third kappa shape index (κ3) is 5.03. The zero-order valence-corrected chi connectivity index (χ0v) is 18.0. The molecule has 3 aromatic rings. The normalized spacial score (nSPS) is 15.5. The van der Waals surface area contributed by atoms with Gasteiger partial charge in [0.25, 0.3) is 0 Å². The smallest absolute Gasteiger partial charge is 0.248 e. The van der Waals surface area contributed by atoms with Crippen LogP contribution in [-0.2, 0) is 21.4 Å². The van der Waals surface area contributed by atoms with Gasteiger partial charge in [-0.2, -0.15) is 0 Å². The molecule has 1 N–H and O–H groups in total. The van der Waals surface area contributed by atoms with Crippen molar-refractivity contribution in [1.82, 2.24) is 9.55 Å². The second kappa shape index (κ2) is 8.77. The molecule has 1 fully saturated rings. The number of carbonyl (C=O) groups is 1. The number of anilines is 2. The molecule has 0 unspecified atom stereocenters. The topological polar surface area (TPSA) is 84.3 Å². The standard InChI is InChI=1S/C23H24N4O3S/c1-18-24-13-15-26(18)17-20-3-8-21(9-4-20)25-23(28)12-7-19-5-10-22(11-6-19)27-14-2-16-31(27,29)30/h3-13,15H,2,14,16-17H2,1H3,(H,25,28)/b12-7+. The Morgan fingerprint density at radius 3 is 2.48 bits per heavy atom. The molecule has 4 rings (SSSR count). The predicted molar refractivity (Wildman–Crippen MR) is 122 cm³/mol. The summed E-state index contributed by atoms with van der Waals surface area (Å²) in [6.07, 6.45) is 7.52. The molecule has 8 heteroatoms. The molecule has 0 aliphatic carbocycles. The van der Waals surface area contributed by atoms with Crippen LogP contribution in [0.25, 0.3) is 6.08 Å². The first-order valence-electron chi connectivity index (χ1n) is 10.1. The summed E-state index contributed by atoms with van der Waals surface area (Å²) in [5.74, 6) is 0.918. The van der Waals surface area contributed by atoms with Crippen molar-refractivity contribution in [3.63, 3.8) is 0 Å². The highest BCUT2D eigenvalue weighted by Crippen LogP contribution is 2.24. The minimum Gasteiger partial charge on any atom is -0.331 e. The summed E-state index contributed by atoms with van der Waals surface area (Å²) in [7, 11) is -3.19. The van der Waals surface area contributed by atoms with Crippen LogP contribution in [-0.4, -0.2) is 36.2 Å². The molecule has 1 saturated heterocycles. The van der Waals surface area contributed by atoms with E-state index in [0.29, 0.717) is 18.7 Å². The Morgan fingerprint density at radius 2 is 1.87 bits per heavy atom. The van der Waals surface area contributed by atoms with E-state index < -0.39 is 10.0 Å². The van der Waals surface area contributed by atoms with Gasteiger partial charge in [-0.1, -0.05) is 24.3 Å². The van der Waals surface area contributed by atoms with Gasteiger partial charge in [-0.25, -0.2) is 13.4 Å². The SMILES string of the molecule is Cc1nccn1Cc1ccc(NC(=O)/C=C/c2ccc(N3CCCS3(=O)=O)cc2)cc1. The van der Waals surface area contributed by atoms with Gasteiger partial charge < -0.3 is 9.88 Å². The number of rotatable bonds is 6. The Morgan fingerprint density at radius 1 is 1.13 bits per heavy atom. The number of aryl methyl sites for hydroxylation is 1. The van der Waals surface area contributed by atoms with E-state index in [2.05, 4.69) is 14.9 Å². The third-order valence-corrected chi connectivity index (χ3v) is 7.08. The van der Waals surface area contributed by atoms with E-state index in [0.717, 1.165) is 29.2 Å². The van der Waals surface area contributed by atoms with E-state index >= 15 is 0 Å². The number of aromatic nitrogens is 2. The van der Waals surface area contributed by atoms with Crippen LogP contribution in [0.15, 0.2) is 67.0 Å². The number of amides is 1. The molecule has 31 heavy (non-hydrogen) atoms. The number of carbonyl (C=O) groups excluding carboxylic acids is 1. The fourth-order valence-electron chi connectivity index (χ4n) is 3.50. The number of nitrogens with one attached hydrogen (secondary N) is 1. The fourth-order valence-corrected chi connectivity index (χ4v) is 5.06. The quantitative estimate of drug-likeness (QED) is 0.600. The highest BCUT2D eigenvalue weighted by Gasteiger charge is 2.28. The van der Waals surface area contributed by atoms with E-state index in [-0.39, 0.29) is 11.7 Å². The van der Waals surface area contributed by atoms with E-state index in [1.54, 1.807) is 36.5 Å². The Kier molecular flexibility index (Phi) is 5.90. The van der Waals surface area contributed by atoms with Gasteiger partial charge in [0, 0.05) is 37.2 Å². The molecule has 2 heterocycles. The lowest BCUT2D eigenvalue weighted by molar-refractivity contribution is -0.111. The number of nitrogens with zero attached hydrogens (tertiary/aromatic N) is 3. The first-order chi connectivity index (χ1) is 14.9. The Bertz CT molecular complexity index is 1200. The van der Waals surface area contributed by atoms with E-state index in [1.807, 2.05) is 37.4 Å². The van der Waals surface area contributed by atoms with Gasteiger partial charge in [0.2, 0.25) is 15.9 Å². The van der Waals surface area contributed by atoms with Crippen molar-refractivity contribution in [1.29, 1.82) is 0 Å². The van der Waals surface area contributed by atoms with Crippen LogP contribution in [0.4, 0.5) is 11.4 Å². The van der Waals surface area contributed by atoms with Crippen molar-refractivity contribution in [2.45, 2.75) is 19.9 Å². The van der Waals surface area contributed by atoms with E-state index in [9.17, 15) is 13.2 Å². The lowest BCUT2D eigenvalue weighted by Crippen LogP contribution is -2.24. The predicted octanol–water partition coefficient (Wildman–Crippen LogP) is 3.43. The molecule has 0 spiro atoms. The van der Waals surface area contributed by atoms with Crippen molar-refractivity contribution >= 4 is 33.4 Å². The van der Waals surface area contributed by atoms with Gasteiger partial charge in [0.05, 0.1) is 11.4 Å². The number of hydrogen-bond donors (Lipinski definition) is 1. The number of hydrogen-bond acceptors (Lipinski definition) is 4. The maximum absolute atomic E-state index is 12.2. The van der Waals surface area contributed by atoms with Crippen LogP contribution in [0.1, 0.15) is 23.4 Å². The molecule has 0 saturated carbocycles. The van der Waals surface area contributed by atoms with Crippen LogP contribution in [0.5, 0.6) is 0 Å². The van der Waals surface area contributed by atoms with Gasteiger partial charge in [-0.15, -0.1) is 0 Å². The Balaban J connectivity index is 1.33. The molecule has 1 aliphatic rings. The maximum atomic E-state index is 12.2. The zero-order valence-electron chi connectivity index (χ0n) is 17.2. The third-order valence-electron chi connectivity index (χ3n) is 5.21. The van der Waals surface area contributed by atoms with E-state index in [1.165, 1.54) is 10.4 Å². The largest absolute Gasteiger partial charge is 0.331 e. The van der Waals surface area contributed by atoms with Gasteiger partial charge in [0.1, 0.15) is 5.82 Å². The summed E-state index contributed by atoms with van der Waals surface area (Å²) >= 11 is 0. The monoisotopic (exact) mass is 436 g/mol. The number of sulfonamides is 1. The fraction of sp³-hybridized carbons (Fsp3) is 0.217. The second-order valence-corrected chi connectivity index (χ2v) is 9.47. The molecular formula is C23H24N4O3S. The Labute approximate surface area is 182 Å². The molecule has 1 aliphatic heterocycles. The lowest BCUT2D eigenvalue weighted by atomic mass is 10.2. The molecule has 0 radical (unpaired) electrons. The lowest BCUT2D eigenvalue weighted by Gasteiger charge is -2.16. The van der Waals surface area contributed by atoms with Gasteiger partial charge in [-0.3, -0.25) is 9.10 Å². The molecule has 2 aromatic carbocycles. The van der Waals surface area contributed by atoms with Gasteiger partial charge in [-0.05, 0) is 54.8 Å². The molecule has 1 amide bonds. The Hall–Kier alpha value is -3.39. The molecule has 1 aromatic heterocycles. The highest BCUT2D eigenvalue weighted by atomic mass is 32.2. The summed E-state index contributed by atoms with van der Waals surface area (Å²) in [5, 5.41) is 2.84.